The summed E-state index contributed by atoms with van der Waals surface area (Å²) in [4.78, 5) is 0. The predicted molar refractivity (Wildman–Crippen MR) is 87.2 cm³/mol. The van der Waals surface area contributed by atoms with E-state index in [1.54, 1.807) is 6.07 Å². The molecule has 3 rings (SSSR count). The molecule has 1 N–H and O–H groups in total. The summed E-state index contributed by atoms with van der Waals surface area (Å²) in [5, 5.41) is 10.7. The molecule has 1 fully saturated rings. The Hall–Kier alpha value is -1.13. The second-order valence-corrected chi connectivity index (χ2v) is 9.36. The molecule has 126 valence electrons. The van der Waals surface area contributed by atoms with Gasteiger partial charge in [-0.25, -0.2) is 0 Å². The van der Waals surface area contributed by atoms with Gasteiger partial charge in [0.1, 0.15) is 11.5 Å². The number of hydrogen-bond acceptors (Lipinski definition) is 5. The van der Waals surface area contributed by atoms with Crippen molar-refractivity contribution >= 4 is 7.60 Å². The number of para-hydroxylation sites is 1. The molecule has 0 saturated carbocycles. The van der Waals surface area contributed by atoms with Gasteiger partial charge in [-0.1, -0.05) is 32.0 Å². The van der Waals surface area contributed by atoms with E-state index in [0.29, 0.717) is 24.7 Å². The minimum absolute atomic E-state index is 0.165. The Morgan fingerprint density at radius 2 is 1.78 bits per heavy atom. The summed E-state index contributed by atoms with van der Waals surface area (Å²) in [5.74, 6) is 2.39. The lowest BCUT2D eigenvalue weighted by Crippen LogP contribution is -2.33. The van der Waals surface area contributed by atoms with Gasteiger partial charge in [-0.15, -0.1) is 0 Å². The first-order valence-electron chi connectivity index (χ1n) is 7.70. The van der Waals surface area contributed by atoms with Gasteiger partial charge in [-0.05, 0) is 19.9 Å². The summed E-state index contributed by atoms with van der Waals surface area (Å²) in [6, 6.07) is 7.30. The molecule has 0 amide bonds. The van der Waals surface area contributed by atoms with E-state index in [0.717, 1.165) is 5.56 Å². The Morgan fingerprint density at radius 1 is 1.17 bits per heavy atom. The molecule has 0 aliphatic carbocycles. The normalized spacial score (nSPS) is 29.6. The second kappa shape index (κ2) is 5.45. The molecule has 23 heavy (non-hydrogen) atoms. The Morgan fingerprint density at radius 3 is 2.43 bits per heavy atom. The Balaban J connectivity index is 1.95. The van der Waals surface area contributed by atoms with Crippen molar-refractivity contribution in [2.24, 2.45) is 10.8 Å². The third-order valence-electron chi connectivity index (χ3n) is 4.30. The van der Waals surface area contributed by atoms with Crippen molar-refractivity contribution < 1.29 is 23.5 Å². The number of fused-ring (bicyclic) bond motifs is 1. The van der Waals surface area contributed by atoms with Gasteiger partial charge in [-0.2, -0.15) is 0 Å². The van der Waals surface area contributed by atoms with Crippen LogP contribution in [0.3, 0.4) is 0 Å². The van der Waals surface area contributed by atoms with E-state index in [4.69, 9.17) is 13.8 Å². The molecular formula is C17H23O5P. The highest BCUT2D eigenvalue weighted by Gasteiger charge is 2.44. The molecule has 1 atom stereocenters. The quantitative estimate of drug-likeness (QED) is 0.776. The topological polar surface area (TPSA) is 65.0 Å². The summed E-state index contributed by atoms with van der Waals surface area (Å²) in [5.41, 5.74) is -0.174. The van der Waals surface area contributed by atoms with E-state index in [9.17, 15) is 9.67 Å². The number of aliphatic hydroxyl groups is 1. The van der Waals surface area contributed by atoms with Crippen LogP contribution in [0.2, 0.25) is 0 Å². The Kier molecular flexibility index (Phi) is 3.96. The lowest BCUT2D eigenvalue weighted by Gasteiger charge is -2.39. The largest absolute Gasteiger partial charge is 0.460 e. The molecule has 0 radical (unpaired) electrons. The lowest BCUT2D eigenvalue weighted by atomic mass is 9.79. The van der Waals surface area contributed by atoms with Crippen LogP contribution in [0.4, 0.5) is 0 Å². The number of hydrogen-bond donors (Lipinski definition) is 1. The lowest BCUT2D eigenvalue weighted by molar-refractivity contribution is 0.0287. The maximum atomic E-state index is 12.8. The maximum Gasteiger partial charge on any atom is 0.357 e. The van der Waals surface area contributed by atoms with Crippen LogP contribution in [0.5, 0.6) is 5.75 Å². The third-order valence-corrected chi connectivity index (χ3v) is 5.83. The first-order valence-corrected chi connectivity index (χ1v) is 9.31. The fraction of sp³-hybridized carbons (Fsp3) is 0.529. The molecule has 2 heterocycles. The SMILES string of the molecule is CC1(C)COP(=O)(/C=C2\Oc3ccccc3C(O)C2(C)C)OC1. The molecule has 2 aliphatic heterocycles. The molecule has 1 saturated heterocycles. The van der Waals surface area contributed by atoms with Crippen molar-refractivity contribution in [1.82, 2.24) is 0 Å². The molecule has 0 spiro atoms. The van der Waals surface area contributed by atoms with Crippen LogP contribution in [0.1, 0.15) is 39.4 Å². The summed E-state index contributed by atoms with van der Waals surface area (Å²) < 4.78 is 29.7. The fourth-order valence-electron chi connectivity index (χ4n) is 2.59. The van der Waals surface area contributed by atoms with E-state index in [2.05, 4.69) is 0 Å². The van der Waals surface area contributed by atoms with Gasteiger partial charge in [0.05, 0.1) is 30.5 Å². The highest BCUT2D eigenvalue weighted by atomic mass is 31.2. The Labute approximate surface area is 136 Å². The zero-order valence-electron chi connectivity index (χ0n) is 13.9. The van der Waals surface area contributed by atoms with E-state index in [-0.39, 0.29) is 5.41 Å². The first kappa shape index (κ1) is 16.7. The molecule has 6 heteroatoms. The first-order chi connectivity index (χ1) is 10.6. The second-order valence-electron chi connectivity index (χ2n) is 7.51. The summed E-state index contributed by atoms with van der Waals surface area (Å²) in [6.45, 7) is 8.38. The van der Waals surface area contributed by atoms with Gasteiger partial charge in [0.2, 0.25) is 0 Å². The zero-order valence-corrected chi connectivity index (χ0v) is 14.8. The van der Waals surface area contributed by atoms with Gasteiger partial charge in [0, 0.05) is 11.0 Å². The molecule has 2 aliphatic rings. The Bertz CT molecular complexity index is 678. The van der Waals surface area contributed by atoms with E-state index in [1.807, 2.05) is 45.9 Å². The third kappa shape index (κ3) is 3.11. The molecule has 0 bridgehead atoms. The fourth-order valence-corrected chi connectivity index (χ4v) is 4.55. The van der Waals surface area contributed by atoms with Crippen LogP contribution in [0.25, 0.3) is 0 Å². The van der Waals surface area contributed by atoms with Crippen molar-refractivity contribution in [2.75, 3.05) is 13.2 Å². The van der Waals surface area contributed by atoms with Crippen molar-refractivity contribution in [3.63, 3.8) is 0 Å². The minimum Gasteiger partial charge on any atom is -0.460 e. The van der Waals surface area contributed by atoms with Crippen LogP contribution in [-0.4, -0.2) is 18.3 Å². The standard InChI is InChI=1S/C17H23O5P/c1-16(2)10-20-23(19,21-11-16)9-14-17(3,4)15(18)12-7-5-6-8-13(12)22-14/h5-9,15,18H,10-11H2,1-4H3/b14-9-. The number of aliphatic hydroxyl groups excluding tert-OH is 1. The van der Waals surface area contributed by atoms with Crippen molar-refractivity contribution in [2.45, 2.75) is 33.8 Å². The van der Waals surface area contributed by atoms with E-state index in [1.165, 1.54) is 5.82 Å². The summed E-state index contributed by atoms with van der Waals surface area (Å²) in [7, 11) is -3.38. The molecule has 1 aromatic carbocycles. The number of ether oxygens (including phenoxy) is 1. The van der Waals surface area contributed by atoms with Gasteiger partial charge in [0.15, 0.2) is 0 Å². The van der Waals surface area contributed by atoms with Crippen molar-refractivity contribution in [1.29, 1.82) is 0 Å². The number of benzene rings is 1. The van der Waals surface area contributed by atoms with E-state index >= 15 is 0 Å². The van der Waals surface area contributed by atoms with E-state index < -0.39 is 19.1 Å². The smallest absolute Gasteiger partial charge is 0.357 e. The molecule has 5 nitrogen and oxygen atoms in total. The molecular weight excluding hydrogens is 315 g/mol. The molecule has 0 aromatic heterocycles. The van der Waals surface area contributed by atoms with Gasteiger partial charge in [-0.3, -0.25) is 4.57 Å². The maximum absolute atomic E-state index is 12.8. The van der Waals surface area contributed by atoms with Crippen LogP contribution in [0.15, 0.2) is 35.8 Å². The summed E-state index contributed by atoms with van der Waals surface area (Å²) >= 11 is 0. The van der Waals surface area contributed by atoms with Crippen LogP contribution < -0.4 is 4.74 Å². The monoisotopic (exact) mass is 338 g/mol. The van der Waals surface area contributed by atoms with Crippen molar-refractivity contribution in [3.05, 3.63) is 41.4 Å². The predicted octanol–water partition coefficient (Wildman–Crippen LogP) is 4.25. The number of rotatable bonds is 1. The summed E-state index contributed by atoms with van der Waals surface area (Å²) in [6.07, 6.45) is -0.758. The minimum atomic E-state index is -3.38. The van der Waals surface area contributed by atoms with Crippen LogP contribution >= 0.6 is 7.60 Å². The molecule has 1 unspecified atom stereocenters. The van der Waals surface area contributed by atoms with Crippen LogP contribution in [-0.2, 0) is 13.6 Å². The van der Waals surface area contributed by atoms with Crippen molar-refractivity contribution in [3.8, 4) is 5.75 Å². The zero-order chi connectivity index (χ0) is 16.9. The highest BCUT2D eigenvalue weighted by Crippen LogP contribution is 2.59. The van der Waals surface area contributed by atoms with Gasteiger partial charge >= 0.3 is 7.60 Å². The highest BCUT2D eigenvalue weighted by molar-refractivity contribution is 7.57. The molecule has 1 aromatic rings. The van der Waals surface area contributed by atoms with Gasteiger partial charge in [0.25, 0.3) is 0 Å². The van der Waals surface area contributed by atoms with Crippen LogP contribution in [0, 0.1) is 10.8 Å². The average Bonchev–Trinajstić information content (AvgIpc) is 2.49. The average molecular weight is 338 g/mol. The van der Waals surface area contributed by atoms with Gasteiger partial charge < -0.3 is 18.9 Å².